The van der Waals surface area contributed by atoms with E-state index in [1.54, 1.807) is 30.0 Å². The topological polar surface area (TPSA) is 83.7 Å². The maximum Gasteiger partial charge on any atom is 0.243 e. The molecule has 2 unspecified atom stereocenters. The van der Waals surface area contributed by atoms with Crippen LogP contribution >= 0.6 is 0 Å². The first-order chi connectivity index (χ1) is 10.2. The van der Waals surface area contributed by atoms with Gasteiger partial charge in [-0.05, 0) is 44.0 Å². The zero-order valence-corrected chi connectivity index (χ0v) is 14.2. The van der Waals surface area contributed by atoms with Crippen LogP contribution in [0, 0.1) is 0 Å². The van der Waals surface area contributed by atoms with Gasteiger partial charge in [-0.1, -0.05) is 0 Å². The van der Waals surface area contributed by atoms with Crippen molar-refractivity contribution in [3.63, 3.8) is 0 Å². The number of hydrogen-bond acceptors (Lipinski definition) is 4. The third kappa shape index (κ3) is 2.76. The van der Waals surface area contributed by atoms with E-state index in [1.807, 2.05) is 6.92 Å². The quantitative estimate of drug-likeness (QED) is 0.893. The van der Waals surface area contributed by atoms with Gasteiger partial charge < -0.3 is 10.6 Å². The number of anilines is 1. The first-order valence-corrected chi connectivity index (χ1v) is 8.75. The molecule has 1 aromatic carbocycles. The molecule has 2 rings (SSSR count). The number of carbonyl (C=O) groups is 1. The minimum atomic E-state index is -3.58. The fourth-order valence-corrected chi connectivity index (χ4v) is 4.22. The van der Waals surface area contributed by atoms with Gasteiger partial charge in [-0.15, -0.1) is 0 Å². The Hall–Kier alpha value is -1.44. The molecule has 0 fully saturated rings. The van der Waals surface area contributed by atoms with Crippen LogP contribution in [0.5, 0.6) is 0 Å². The largest absolute Gasteiger partial charge is 0.329 e. The van der Waals surface area contributed by atoms with Crippen LogP contribution in [-0.2, 0) is 21.2 Å². The maximum absolute atomic E-state index is 12.6. The Labute approximate surface area is 131 Å². The molecule has 0 aliphatic carbocycles. The predicted molar refractivity (Wildman–Crippen MR) is 86.2 cm³/mol. The summed E-state index contributed by atoms with van der Waals surface area (Å²) in [7, 11) is -2.04. The highest BCUT2D eigenvalue weighted by Crippen LogP contribution is 2.34. The molecular weight excluding hydrogens is 302 g/mol. The van der Waals surface area contributed by atoms with E-state index in [1.165, 1.54) is 18.3 Å². The van der Waals surface area contributed by atoms with Gasteiger partial charge in [-0.2, -0.15) is 4.31 Å². The monoisotopic (exact) mass is 325 g/mol. The number of hydrogen-bond donors (Lipinski definition) is 1. The number of nitrogens with two attached hydrogens (primary N) is 1. The normalized spacial score (nSPS) is 19.4. The van der Waals surface area contributed by atoms with E-state index >= 15 is 0 Å². The van der Waals surface area contributed by atoms with E-state index in [4.69, 9.17) is 5.73 Å². The summed E-state index contributed by atoms with van der Waals surface area (Å²) < 4.78 is 26.5. The minimum Gasteiger partial charge on any atom is -0.329 e. The van der Waals surface area contributed by atoms with E-state index in [2.05, 4.69) is 0 Å². The molecule has 1 aliphatic rings. The average Bonchev–Trinajstić information content (AvgIpc) is 2.80. The zero-order chi connectivity index (χ0) is 16.7. The summed E-state index contributed by atoms with van der Waals surface area (Å²) in [5.74, 6) is -0.0317. The van der Waals surface area contributed by atoms with Crippen LogP contribution < -0.4 is 10.6 Å². The molecule has 122 valence electrons. The summed E-state index contributed by atoms with van der Waals surface area (Å²) in [6, 6.07) is 4.72. The van der Waals surface area contributed by atoms with Gasteiger partial charge in [0, 0.05) is 38.3 Å². The van der Waals surface area contributed by atoms with Crippen molar-refractivity contribution in [1.82, 2.24) is 4.31 Å². The van der Waals surface area contributed by atoms with E-state index in [9.17, 15) is 13.2 Å². The average molecular weight is 325 g/mol. The number of sulfonamides is 1. The molecule has 1 amide bonds. The highest BCUT2D eigenvalue weighted by Gasteiger charge is 2.31. The van der Waals surface area contributed by atoms with Gasteiger partial charge in [0.25, 0.3) is 0 Å². The number of nitrogens with zero attached hydrogens (tertiary/aromatic N) is 2. The summed E-state index contributed by atoms with van der Waals surface area (Å²) in [6.45, 7) is 5.51. The van der Waals surface area contributed by atoms with Crippen LogP contribution in [0.25, 0.3) is 0 Å². The minimum absolute atomic E-state index is 0.0317. The van der Waals surface area contributed by atoms with Crippen LogP contribution in [0.4, 0.5) is 5.69 Å². The van der Waals surface area contributed by atoms with Crippen molar-refractivity contribution in [2.45, 2.75) is 44.2 Å². The van der Waals surface area contributed by atoms with Gasteiger partial charge in [0.05, 0.1) is 4.90 Å². The summed E-state index contributed by atoms with van der Waals surface area (Å²) in [5.41, 5.74) is 7.24. The summed E-state index contributed by atoms with van der Waals surface area (Å²) >= 11 is 0. The smallest absolute Gasteiger partial charge is 0.243 e. The molecule has 2 N–H and O–H groups in total. The van der Waals surface area contributed by atoms with Gasteiger partial charge in [0.1, 0.15) is 0 Å². The fourth-order valence-electron chi connectivity index (χ4n) is 2.80. The Kier molecular flexibility index (Phi) is 4.60. The van der Waals surface area contributed by atoms with Gasteiger partial charge >= 0.3 is 0 Å². The van der Waals surface area contributed by atoms with E-state index < -0.39 is 10.0 Å². The second kappa shape index (κ2) is 5.98. The molecule has 0 radical (unpaired) electrons. The Balaban J connectivity index is 2.42. The first-order valence-electron chi connectivity index (χ1n) is 7.31. The van der Waals surface area contributed by atoms with Gasteiger partial charge in [-0.25, -0.2) is 8.42 Å². The van der Waals surface area contributed by atoms with Crippen LogP contribution in [0.1, 0.15) is 26.3 Å². The molecular formula is C15H23N3O3S. The van der Waals surface area contributed by atoms with Crippen LogP contribution in [0.15, 0.2) is 23.1 Å². The Morgan fingerprint density at radius 1 is 1.50 bits per heavy atom. The molecule has 0 spiro atoms. The summed E-state index contributed by atoms with van der Waals surface area (Å²) in [6.07, 6.45) is 0.661. The number of likely N-dealkylation sites (N-methyl/N-ethyl adjacent to an activating group) is 1. The van der Waals surface area contributed by atoms with Crippen molar-refractivity contribution in [2.75, 3.05) is 18.5 Å². The lowest BCUT2D eigenvalue weighted by atomic mass is 10.1. The molecule has 22 heavy (non-hydrogen) atoms. The van der Waals surface area contributed by atoms with Gasteiger partial charge in [0.15, 0.2) is 0 Å². The molecule has 0 saturated carbocycles. The van der Waals surface area contributed by atoms with Gasteiger partial charge in [-0.3, -0.25) is 4.79 Å². The Morgan fingerprint density at radius 3 is 2.68 bits per heavy atom. The lowest BCUT2D eigenvalue weighted by molar-refractivity contribution is -0.116. The van der Waals surface area contributed by atoms with Crippen molar-refractivity contribution in [1.29, 1.82) is 0 Å². The zero-order valence-electron chi connectivity index (χ0n) is 13.4. The van der Waals surface area contributed by atoms with Crippen molar-refractivity contribution < 1.29 is 13.2 Å². The second-order valence-corrected chi connectivity index (χ2v) is 7.84. The Bertz CT molecular complexity index is 687. The van der Waals surface area contributed by atoms with E-state index in [0.717, 1.165) is 11.3 Å². The van der Waals surface area contributed by atoms with Crippen molar-refractivity contribution in [3.05, 3.63) is 23.8 Å². The number of carbonyl (C=O) groups excluding carboxylic acids is 1. The summed E-state index contributed by atoms with van der Waals surface area (Å²) in [5, 5.41) is 0. The lowest BCUT2D eigenvalue weighted by Crippen LogP contribution is -2.39. The molecule has 1 aliphatic heterocycles. The molecule has 7 heteroatoms. The molecule has 1 heterocycles. The highest BCUT2D eigenvalue weighted by atomic mass is 32.2. The molecule has 0 bridgehead atoms. The molecule has 2 atom stereocenters. The van der Waals surface area contributed by atoms with E-state index in [0.29, 0.717) is 6.42 Å². The predicted octanol–water partition coefficient (Wildman–Crippen LogP) is 0.952. The van der Waals surface area contributed by atoms with E-state index in [-0.39, 0.29) is 29.4 Å². The van der Waals surface area contributed by atoms with Crippen LogP contribution in [0.2, 0.25) is 0 Å². The SMILES string of the molecule is CC(=O)N1c2ccc(S(=O)(=O)N(C)C(C)CN)cc2CC1C. The number of amides is 1. The van der Waals surface area contributed by atoms with Crippen molar-refractivity contribution in [3.8, 4) is 0 Å². The first kappa shape index (κ1) is 16.9. The lowest BCUT2D eigenvalue weighted by Gasteiger charge is -2.23. The molecule has 0 saturated heterocycles. The highest BCUT2D eigenvalue weighted by molar-refractivity contribution is 7.89. The molecule has 0 aromatic heterocycles. The second-order valence-electron chi connectivity index (χ2n) is 5.84. The van der Waals surface area contributed by atoms with Crippen molar-refractivity contribution >= 4 is 21.6 Å². The standard InChI is InChI=1S/C15H23N3O3S/c1-10-7-13-8-14(5-6-15(13)18(10)12(3)19)22(20,21)17(4)11(2)9-16/h5-6,8,10-11H,7,9,16H2,1-4H3. The number of rotatable bonds is 4. The number of fused-ring (bicyclic) bond motifs is 1. The third-order valence-electron chi connectivity index (χ3n) is 4.24. The summed E-state index contributed by atoms with van der Waals surface area (Å²) in [4.78, 5) is 13.7. The van der Waals surface area contributed by atoms with Gasteiger partial charge in [0.2, 0.25) is 15.9 Å². The third-order valence-corrected chi connectivity index (χ3v) is 6.21. The van der Waals surface area contributed by atoms with Crippen LogP contribution in [0.3, 0.4) is 0 Å². The Morgan fingerprint density at radius 2 is 2.14 bits per heavy atom. The molecule has 6 nitrogen and oxygen atoms in total. The number of benzene rings is 1. The maximum atomic E-state index is 12.6. The van der Waals surface area contributed by atoms with Crippen LogP contribution in [-0.4, -0.2) is 44.3 Å². The molecule has 1 aromatic rings. The van der Waals surface area contributed by atoms with Crippen molar-refractivity contribution in [2.24, 2.45) is 5.73 Å². The fraction of sp³-hybridized carbons (Fsp3) is 0.533.